The van der Waals surface area contributed by atoms with Gasteiger partial charge in [-0.25, -0.2) is 0 Å². The van der Waals surface area contributed by atoms with Crippen LogP contribution in [0, 0.1) is 0 Å². The molecule has 0 aromatic carbocycles. The Balaban J connectivity index is 0. The van der Waals surface area contributed by atoms with Crippen molar-refractivity contribution in [1.82, 2.24) is 0 Å². The second kappa shape index (κ2) is 9.33. The SMILES string of the molecule is OPO.S. The van der Waals surface area contributed by atoms with E-state index in [4.69, 9.17) is 9.79 Å². The summed E-state index contributed by atoms with van der Waals surface area (Å²) in [5.74, 6) is 0. The normalized spacial score (nSPS) is 4.50. The Hall–Kier alpha value is 0.700. The van der Waals surface area contributed by atoms with Gasteiger partial charge < -0.3 is 9.79 Å². The number of hydrogen-bond acceptors (Lipinski definition) is 2. The lowest BCUT2D eigenvalue weighted by Gasteiger charge is -1.54. The van der Waals surface area contributed by atoms with Crippen LogP contribution in [-0.4, -0.2) is 9.79 Å². The predicted octanol–water partition coefficient (Wildman–Crippen LogP) is -0.408. The van der Waals surface area contributed by atoms with Gasteiger partial charge in [-0.3, -0.25) is 0 Å². The summed E-state index contributed by atoms with van der Waals surface area (Å²) in [7, 11) is -0.917. The van der Waals surface area contributed by atoms with Gasteiger partial charge in [0.05, 0.1) is 0 Å². The van der Waals surface area contributed by atoms with Crippen molar-refractivity contribution in [1.29, 1.82) is 0 Å². The van der Waals surface area contributed by atoms with Crippen LogP contribution < -0.4 is 0 Å². The van der Waals surface area contributed by atoms with Crippen molar-refractivity contribution < 1.29 is 9.79 Å². The molecule has 0 saturated heterocycles. The molecule has 0 saturated carbocycles. The molecule has 0 aliphatic heterocycles. The van der Waals surface area contributed by atoms with Crippen molar-refractivity contribution >= 4 is 22.5 Å². The van der Waals surface area contributed by atoms with Crippen molar-refractivity contribution in [2.45, 2.75) is 0 Å². The third-order valence-electron chi connectivity index (χ3n) is 0. The molecule has 2 nitrogen and oxygen atoms in total. The van der Waals surface area contributed by atoms with Crippen LogP contribution in [-0.2, 0) is 0 Å². The molecule has 0 amide bonds. The summed E-state index contributed by atoms with van der Waals surface area (Å²) < 4.78 is 0. The van der Waals surface area contributed by atoms with Crippen molar-refractivity contribution in [3.05, 3.63) is 0 Å². The topological polar surface area (TPSA) is 40.5 Å². The van der Waals surface area contributed by atoms with Crippen molar-refractivity contribution in [2.75, 3.05) is 0 Å². The van der Waals surface area contributed by atoms with E-state index >= 15 is 0 Å². The van der Waals surface area contributed by atoms with Crippen LogP contribution in [0.1, 0.15) is 0 Å². The molecular weight excluding hydrogens is 95.0 g/mol. The average Bonchev–Trinajstić information content (AvgIpc) is 0.918. The predicted molar refractivity (Wildman–Crippen MR) is 23.1 cm³/mol. The van der Waals surface area contributed by atoms with E-state index in [-0.39, 0.29) is 13.5 Å². The Morgan fingerprint density at radius 2 is 1.25 bits per heavy atom. The average molecular weight is 100 g/mol. The maximum atomic E-state index is 7.15. The Morgan fingerprint density at radius 3 is 1.25 bits per heavy atom. The van der Waals surface area contributed by atoms with Crippen molar-refractivity contribution in [2.24, 2.45) is 0 Å². The van der Waals surface area contributed by atoms with Gasteiger partial charge in [-0.1, -0.05) is 0 Å². The molecule has 28 valence electrons. The zero-order chi connectivity index (χ0) is 2.71. The molecule has 4 heteroatoms. The van der Waals surface area contributed by atoms with E-state index in [1.807, 2.05) is 0 Å². The van der Waals surface area contributed by atoms with Gasteiger partial charge in [-0.05, 0) is 0 Å². The molecule has 0 aliphatic carbocycles. The molecule has 0 bridgehead atoms. The summed E-state index contributed by atoms with van der Waals surface area (Å²) in [5.41, 5.74) is 0. The molecule has 0 atom stereocenters. The van der Waals surface area contributed by atoms with Crippen LogP contribution in [0.3, 0.4) is 0 Å². The molecular formula is H5O2PS. The van der Waals surface area contributed by atoms with E-state index in [2.05, 4.69) is 0 Å². The van der Waals surface area contributed by atoms with Crippen LogP contribution >= 0.6 is 22.5 Å². The highest BCUT2D eigenvalue weighted by molar-refractivity contribution is 7.59. The fraction of sp³-hybridized carbons (Fsp3) is 0. The van der Waals surface area contributed by atoms with E-state index in [1.54, 1.807) is 0 Å². The monoisotopic (exact) mass is 100.0 g/mol. The summed E-state index contributed by atoms with van der Waals surface area (Å²) in [6, 6.07) is 0. The number of hydrogen-bond donors (Lipinski definition) is 2. The van der Waals surface area contributed by atoms with Crippen LogP contribution in [0.15, 0.2) is 0 Å². The highest BCUT2D eigenvalue weighted by atomic mass is 32.1. The minimum absolute atomic E-state index is 0. The zero-order valence-electron chi connectivity index (χ0n) is 1.89. The maximum absolute atomic E-state index is 7.15. The van der Waals surface area contributed by atoms with Gasteiger partial charge in [0, 0.05) is 0 Å². The molecule has 0 aromatic heterocycles. The Kier molecular flexibility index (Phi) is 20.6. The van der Waals surface area contributed by atoms with Gasteiger partial charge in [-0.2, -0.15) is 13.5 Å². The summed E-state index contributed by atoms with van der Waals surface area (Å²) >= 11 is 0. The summed E-state index contributed by atoms with van der Waals surface area (Å²) in [4.78, 5) is 14.3. The molecule has 0 radical (unpaired) electrons. The molecule has 2 N–H and O–H groups in total. The summed E-state index contributed by atoms with van der Waals surface area (Å²) in [5, 5.41) is 0. The fourth-order valence-electron chi connectivity index (χ4n) is 0. The fourth-order valence-corrected chi connectivity index (χ4v) is 0. The molecule has 0 rings (SSSR count). The smallest absolute Gasteiger partial charge is 0.149 e. The standard InChI is InChI=1S/H3O2P.H2S/c1-3-2;/h1-3H;1H2. The minimum atomic E-state index is -0.917. The van der Waals surface area contributed by atoms with Crippen molar-refractivity contribution in [3.8, 4) is 0 Å². The van der Waals surface area contributed by atoms with E-state index in [1.165, 1.54) is 0 Å². The van der Waals surface area contributed by atoms with Gasteiger partial charge >= 0.3 is 0 Å². The van der Waals surface area contributed by atoms with E-state index in [9.17, 15) is 0 Å². The van der Waals surface area contributed by atoms with Gasteiger partial charge in [0.25, 0.3) is 0 Å². The lowest BCUT2D eigenvalue weighted by atomic mass is 15.9. The molecule has 0 fully saturated rings. The van der Waals surface area contributed by atoms with Gasteiger partial charge in [-0.15, -0.1) is 0 Å². The highest BCUT2D eigenvalue weighted by Crippen LogP contribution is 1.81. The second-order valence-corrected chi connectivity index (χ2v) is 0.300. The Bertz CT molecular complexity index is 6.00. The van der Waals surface area contributed by atoms with Crippen LogP contribution in [0.5, 0.6) is 0 Å². The highest BCUT2D eigenvalue weighted by Gasteiger charge is 1.34. The third kappa shape index (κ3) is 15.9. The molecule has 0 aliphatic rings. The third-order valence-corrected chi connectivity index (χ3v) is 0. The molecule has 0 heterocycles. The molecule has 0 aromatic rings. The first-order valence-corrected chi connectivity index (χ1v) is 1.34. The minimum Gasteiger partial charge on any atom is -0.352 e. The lowest BCUT2D eigenvalue weighted by Crippen LogP contribution is -1.24. The molecule has 4 heavy (non-hydrogen) atoms. The molecule has 0 unspecified atom stereocenters. The van der Waals surface area contributed by atoms with Gasteiger partial charge in [0.15, 0.2) is 0 Å². The largest absolute Gasteiger partial charge is 0.352 e. The van der Waals surface area contributed by atoms with E-state index < -0.39 is 9.03 Å². The van der Waals surface area contributed by atoms with Crippen LogP contribution in [0.25, 0.3) is 0 Å². The Morgan fingerprint density at radius 1 is 1.25 bits per heavy atom. The maximum Gasteiger partial charge on any atom is 0.149 e. The molecule has 0 spiro atoms. The van der Waals surface area contributed by atoms with E-state index in [0.717, 1.165) is 0 Å². The first kappa shape index (κ1) is 8.83. The van der Waals surface area contributed by atoms with Gasteiger partial charge in [0.1, 0.15) is 9.03 Å². The summed E-state index contributed by atoms with van der Waals surface area (Å²) in [6.45, 7) is 0. The second-order valence-electron chi connectivity index (χ2n) is 0.100. The Labute approximate surface area is 33.2 Å². The van der Waals surface area contributed by atoms with Crippen molar-refractivity contribution in [3.63, 3.8) is 0 Å². The van der Waals surface area contributed by atoms with Crippen LogP contribution in [0.2, 0.25) is 0 Å². The zero-order valence-corrected chi connectivity index (χ0v) is 3.89. The van der Waals surface area contributed by atoms with E-state index in [0.29, 0.717) is 0 Å². The summed E-state index contributed by atoms with van der Waals surface area (Å²) in [6.07, 6.45) is 0. The first-order valence-electron chi connectivity index (χ1n) is 0.447. The van der Waals surface area contributed by atoms with Crippen LogP contribution in [0.4, 0.5) is 0 Å². The quantitative estimate of drug-likeness (QED) is 0.406. The number of rotatable bonds is 0. The lowest BCUT2D eigenvalue weighted by molar-refractivity contribution is 0.513. The first-order chi connectivity index (χ1) is 1.41. The van der Waals surface area contributed by atoms with Gasteiger partial charge in [0.2, 0.25) is 0 Å².